The van der Waals surface area contributed by atoms with E-state index in [0.29, 0.717) is 47.6 Å². The summed E-state index contributed by atoms with van der Waals surface area (Å²) in [6.45, 7) is 5.39. The predicted molar refractivity (Wildman–Crippen MR) is 154 cm³/mol. The van der Waals surface area contributed by atoms with Crippen molar-refractivity contribution < 1.29 is 14.3 Å². The summed E-state index contributed by atoms with van der Waals surface area (Å²) in [6.07, 6.45) is 3.34. The molecule has 10 nitrogen and oxygen atoms in total. The predicted octanol–water partition coefficient (Wildman–Crippen LogP) is 4.07. The van der Waals surface area contributed by atoms with E-state index in [1.807, 2.05) is 56.3 Å². The van der Waals surface area contributed by atoms with Crippen LogP contribution in [0.25, 0.3) is 11.3 Å². The first kappa shape index (κ1) is 27.8. The van der Waals surface area contributed by atoms with Crippen molar-refractivity contribution >= 4 is 35.2 Å². The van der Waals surface area contributed by atoms with E-state index >= 15 is 0 Å². The highest BCUT2D eigenvalue weighted by Gasteiger charge is 2.35. The zero-order valence-electron chi connectivity index (χ0n) is 23.1. The monoisotopic (exact) mass is 563 g/mol. The average molecular weight is 564 g/mol. The lowest BCUT2D eigenvalue weighted by atomic mass is 10.0. The maximum absolute atomic E-state index is 13.5. The highest BCUT2D eigenvalue weighted by atomic mass is 35.5. The van der Waals surface area contributed by atoms with E-state index in [9.17, 15) is 9.59 Å². The summed E-state index contributed by atoms with van der Waals surface area (Å²) in [4.78, 5) is 43.7. The van der Waals surface area contributed by atoms with Crippen LogP contribution in [0.15, 0.2) is 42.6 Å². The molecular weight excluding hydrogens is 530 g/mol. The zero-order valence-corrected chi connectivity index (χ0v) is 23.9. The van der Waals surface area contributed by atoms with Gasteiger partial charge in [-0.05, 0) is 50.5 Å². The number of carbonyl (C=O) groups excluding carboxylic acids is 2. The number of fused-ring (bicyclic) bond motifs is 1. The molecule has 0 radical (unpaired) electrons. The molecule has 0 saturated carbocycles. The number of carbonyl (C=O) groups is 2. The molecule has 2 atom stereocenters. The first-order valence-corrected chi connectivity index (χ1v) is 13.8. The first-order valence-electron chi connectivity index (χ1n) is 13.5. The van der Waals surface area contributed by atoms with E-state index in [4.69, 9.17) is 16.3 Å². The van der Waals surface area contributed by atoms with Crippen LogP contribution >= 0.6 is 11.6 Å². The number of pyridine rings is 1. The van der Waals surface area contributed by atoms with Gasteiger partial charge in [0, 0.05) is 51.0 Å². The van der Waals surface area contributed by atoms with Crippen LogP contribution < -0.4 is 15.5 Å². The van der Waals surface area contributed by atoms with Gasteiger partial charge in [-0.2, -0.15) is 0 Å². The minimum atomic E-state index is -0.666. The minimum absolute atomic E-state index is 0.203. The van der Waals surface area contributed by atoms with Crippen LogP contribution in [0, 0.1) is 0 Å². The van der Waals surface area contributed by atoms with Crippen molar-refractivity contribution in [3.05, 3.63) is 64.4 Å². The molecule has 0 spiro atoms. The van der Waals surface area contributed by atoms with E-state index in [1.54, 1.807) is 24.1 Å². The third-order valence-corrected chi connectivity index (χ3v) is 7.65. The molecule has 40 heavy (non-hydrogen) atoms. The number of anilines is 2. The highest BCUT2D eigenvalue weighted by molar-refractivity contribution is 6.33. The second kappa shape index (κ2) is 11.8. The Balaban J connectivity index is 1.29. The van der Waals surface area contributed by atoms with E-state index in [1.165, 1.54) is 0 Å². The molecule has 4 heterocycles. The lowest BCUT2D eigenvalue weighted by Gasteiger charge is -2.25. The van der Waals surface area contributed by atoms with Crippen molar-refractivity contribution in [2.24, 2.45) is 0 Å². The summed E-state index contributed by atoms with van der Waals surface area (Å²) >= 11 is 6.48. The molecule has 11 heteroatoms. The Labute approximate surface area is 239 Å². The second-order valence-electron chi connectivity index (χ2n) is 10.4. The summed E-state index contributed by atoms with van der Waals surface area (Å²) < 4.78 is 5.43. The van der Waals surface area contributed by atoms with Gasteiger partial charge < -0.3 is 25.2 Å². The Morgan fingerprint density at radius 2 is 1.93 bits per heavy atom. The molecule has 2 aliphatic rings. The molecule has 3 aromatic rings. The number of rotatable bonds is 8. The quantitative estimate of drug-likeness (QED) is 0.422. The smallest absolute Gasteiger partial charge is 0.255 e. The third kappa shape index (κ3) is 5.88. The van der Waals surface area contributed by atoms with E-state index < -0.39 is 6.04 Å². The van der Waals surface area contributed by atoms with Gasteiger partial charge in [0.2, 0.25) is 11.9 Å². The second-order valence-corrected chi connectivity index (χ2v) is 10.9. The van der Waals surface area contributed by atoms with Crippen LogP contribution in [0.5, 0.6) is 0 Å². The number of benzene rings is 1. The molecular formula is C29H34ClN7O3. The van der Waals surface area contributed by atoms with Crippen molar-refractivity contribution in [2.75, 3.05) is 37.5 Å². The number of nitrogens with one attached hydrogen (secondary N) is 2. The van der Waals surface area contributed by atoms with Gasteiger partial charge in [-0.3, -0.25) is 9.59 Å². The van der Waals surface area contributed by atoms with E-state index in [-0.39, 0.29) is 23.9 Å². The zero-order chi connectivity index (χ0) is 28.4. The number of nitrogens with zero attached hydrogens (tertiary/aromatic N) is 5. The topological polar surface area (TPSA) is 113 Å². The van der Waals surface area contributed by atoms with Gasteiger partial charge in [0.1, 0.15) is 11.9 Å². The molecule has 2 aliphatic heterocycles. The number of ether oxygens (including phenoxy) is 1. The molecule has 1 aromatic carbocycles. The molecule has 2 N–H and O–H groups in total. The molecule has 0 bridgehead atoms. The van der Waals surface area contributed by atoms with E-state index in [0.717, 1.165) is 29.9 Å². The fraction of sp³-hybridized carbons (Fsp3) is 0.414. The Morgan fingerprint density at radius 1 is 1.15 bits per heavy atom. The van der Waals surface area contributed by atoms with Gasteiger partial charge in [-0.15, -0.1) is 0 Å². The van der Waals surface area contributed by atoms with Crippen LogP contribution in [0.4, 0.5) is 11.8 Å². The summed E-state index contributed by atoms with van der Waals surface area (Å²) in [5.74, 6) is 0.854. The van der Waals surface area contributed by atoms with Gasteiger partial charge in [-0.25, -0.2) is 15.0 Å². The Bertz CT molecular complexity index is 1410. The molecule has 5 rings (SSSR count). The van der Waals surface area contributed by atoms with Crippen molar-refractivity contribution in [1.82, 2.24) is 25.2 Å². The fourth-order valence-corrected chi connectivity index (χ4v) is 5.13. The SMILES string of the molecule is CC(NC(=O)C(C)N1Cc2ccc(-c3nc(NC4CCOCC4)ncc3Cl)cc2C1=O)c1cccc(N(C)C)n1. The number of aromatic nitrogens is 3. The number of halogens is 1. The van der Waals surface area contributed by atoms with Gasteiger partial charge >= 0.3 is 0 Å². The standard InChI is InChI=1S/C29H34ClN7O3/c1-17(24-6-5-7-25(34-24)36(3)4)32-27(38)18(2)37-16-20-9-8-19(14-22(20)28(37)39)26-23(30)15-31-29(35-26)33-21-10-12-40-13-11-21/h5-9,14-15,17-18,21H,10-13,16H2,1-4H3,(H,32,38)(H,31,33,35). The number of hydrogen-bond acceptors (Lipinski definition) is 8. The molecule has 2 unspecified atom stereocenters. The summed E-state index contributed by atoms with van der Waals surface area (Å²) in [7, 11) is 3.84. The summed E-state index contributed by atoms with van der Waals surface area (Å²) in [5, 5.41) is 6.77. The Morgan fingerprint density at radius 3 is 2.67 bits per heavy atom. The average Bonchev–Trinajstić information content (AvgIpc) is 3.29. The van der Waals surface area contributed by atoms with Gasteiger partial charge in [-0.1, -0.05) is 29.8 Å². The summed E-state index contributed by atoms with van der Waals surface area (Å²) in [5.41, 5.74) is 3.41. The fourth-order valence-electron chi connectivity index (χ4n) is 4.93. The number of amides is 2. The van der Waals surface area contributed by atoms with Crippen LogP contribution in [0.1, 0.15) is 54.3 Å². The molecule has 1 saturated heterocycles. The van der Waals surface area contributed by atoms with Crippen LogP contribution in [0.3, 0.4) is 0 Å². The maximum Gasteiger partial charge on any atom is 0.255 e. The molecule has 210 valence electrons. The van der Waals surface area contributed by atoms with Crippen molar-refractivity contribution in [2.45, 2.75) is 51.4 Å². The van der Waals surface area contributed by atoms with Crippen molar-refractivity contribution in [1.29, 1.82) is 0 Å². The Kier molecular flexibility index (Phi) is 8.18. The largest absolute Gasteiger partial charge is 0.381 e. The van der Waals surface area contributed by atoms with Crippen molar-refractivity contribution in [3.63, 3.8) is 0 Å². The maximum atomic E-state index is 13.5. The minimum Gasteiger partial charge on any atom is -0.381 e. The van der Waals surface area contributed by atoms with Gasteiger partial charge in [0.15, 0.2) is 0 Å². The first-order chi connectivity index (χ1) is 19.2. The normalized spacial score (nSPS) is 16.8. The third-order valence-electron chi connectivity index (χ3n) is 7.38. The van der Waals surface area contributed by atoms with Crippen molar-refractivity contribution in [3.8, 4) is 11.3 Å². The molecule has 0 aliphatic carbocycles. The highest BCUT2D eigenvalue weighted by Crippen LogP contribution is 2.32. The molecule has 1 fully saturated rings. The molecule has 2 amide bonds. The summed E-state index contributed by atoms with van der Waals surface area (Å²) in [6, 6.07) is 10.6. The number of hydrogen-bond donors (Lipinski definition) is 2. The lowest BCUT2D eigenvalue weighted by molar-refractivity contribution is -0.125. The Hall–Kier alpha value is -3.76. The lowest BCUT2D eigenvalue weighted by Crippen LogP contribution is -2.46. The van der Waals surface area contributed by atoms with Crippen LogP contribution in [-0.2, 0) is 16.1 Å². The van der Waals surface area contributed by atoms with Crippen LogP contribution in [-0.4, -0.2) is 71.1 Å². The van der Waals surface area contributed by atoms with Gasteiger partial charge in [0.25, 0.3) is 5.91 Å². The van der Waals surface area contributed by atoms with Gasteiger partial charge in [0.05, 0.1) is 28.6 Å². The van der Waals surface area contributed by atoms with Crippen LogP contribution in [0.2, 0.25) is 5.02 Å². The van der Waals surface area contributed by atoms with E-state index in [2.05, 4.69) is 25.6 Å². The molecule has 2 aromatic heterocycles.